The monoisotopic (exact) mass is 608 g/mol. The molecule has 16 heteroatoms. The topological polar surface area (TPSA) is 44.7 Å². The second-order valence-electron chi connectivity index (χ2n) is 9.35. The first kappa shape index (κ1) is 33.4. The van der Waals surface area contributed by atoms with E-state index in [1.807, 2.05) is 12.1 Å². The highest BCUT2D eigenvalue weighted by Crippen LogP contribution is 2.23. The third-order valence-corrected chi connectivity index (χ3v) is 6.15. The number of aromatic nitrogens is 2. The van der Waals surface area contributed by atoms with E-state index in [0.717, 1.165) is 24.5 Å². The fraction of sp³-hybridized carbons (Fsp3) is 0.385. The molecule has 2 aromatic heterocycles. The lowest BCUT2D eigenvalue weighted by molar-refractivity contribution is -0.702. The molecule has 2 aliphatic rings. The predicted molar refractivity (Wildman–Crippen MR) is 137 cm³/mol. The number of hydrogen-bond donors (Lipinski definition) is 0. The van der Waals surface area contributed by atoms with Gasteiger partial charge in [0.1, 0.15) is 0 Å². The van der Waals surface area contributed by atoms with Gasteiger partial charge in [0, 0.05) is 35.4 Å². The van der Waals surface area contributed by atoms with Crippen LogP contribution in [0.15, 0.2) is 60.9 Å². The molecular formula is C26H30B2F8N2O4. The summed E-state index contributed by atoms with van der Waals surface area (Å²) >= 11 is 0. The Morgan fingerprint density at radius 1 is 0.595 bits per heavy atom. The Labute approximate surface area is 238 Å². The van der Waals surface area contributed by atoms with Gasteiger partial charge < -0.3 is 53.5 Å². The first-order valence-corrected chi connectivity index (χ1v) is 13.0. The van der Waals surface area contributed by atoms with E-state index in [4.69, 9.17) is 18.9 Å². The summed E-state index contributed by atoms with van der Waals surface area (Å²) in [6.45, 7) is 8.49. The van der Waals surface area contributed by atoms with Crippen LogP contribution in [0.25, 0.3) is 0 Å². The second-order valence-corrected chi connectivity index (χ2v) is 9.35. The van der Waals surface area contributed by atoms with Crippen LogP contribution < -0.4 is 9.13 Å². The standard InChI is InChI=1S/C26H30N2O4.2BF4/c1-19-15-22(18-28-10-6-4-8-24(28)26-31-13-14-32-26)20(2)16-21(19)17-27-9-5-3-7-23(27)25-29-11-12-30-25;2*2-1(3,4)5/h3-10,15-16,25-26H,11-14,17-18H2,1-2H3;;/q+2;2*-1. The molecule has 0 spiro atoms. The molecule has 5 rings (SSSR count). The zero-order chi connectivity index (χ0) is 30.9. The van der Waals surface area contributed by atoms with Crippen LogP contribution >= 0.6 is 0 Å². The van der Waals surface area contributed by atoms with Crippen molar-refractivity contribution in [3.63, 3.8) is 0 Å². The summed E-state index contributed by atoms with van der Waals surface area (Å²) in [5.41, 5.74) is 7.23. The van der Waals surface area contributed by atoms with Crippen molar-refractivity contribution in [2.75, 3.05) is 26.4 Å². The molecule has 0 bridgehead atoms. The van der Waals surface area contributed by atoms with E-state index in [9.17, 15) is 34.5 Å². The fourth-order valence-corrected chi connectivity index (χ4v) is 4.40. The highest BCUT2D eigenvalue weighted by molar-refractivity contribution is 6.50. The molecule has 0 atom stereocenters. The van der Waals surface area contributed by atoms with Gasteiger partial charge in [-0.25, -0.2) is 0 Å². The van der Waals surface area contributed by atoms with Crippen molar-refractivity contribution in [2.24, 2.45) is 0 Å². The molecule has 0 saturated carbocycles. The van der Waals surface area contributed by atoms with Crippen LogP contribution in [0, 0.1) is 13.8 Å². The Balaban J connectivity index is 0.000000420. The first-order chi connectivity index (χ1) is 19.7. The van der Waals surface area contributed by atoms with Gasteiger partial charge in [0.2, 0.25) is 24.0 Å². The van der Waals surface area contributed by atoms with Gasteiger partial charge in [-0.15, -0.1) is 0 Å². The maximum Gasteiger partial charge on any atom is 0.673 e. The fourth-order valence-electron chi connectivity index (χ4n) is 4.40. The Morgan fingerprint density at radius 2 is 0.905 bits per heavy atom. The van der Waals surface area contributed by atoms with Crippen LogP contribution in [-0.4, -0.2) is 40.9 Å². The summed E-state index contributed by atoms with van der Waals surface area (Å²) in [5.74, 6) is 0. The molecule has 0 N–H and O–H groups in total. The molecule has 2 saturated heterocycles. The lowest BCUT2D eigenvalue weighted by atomic mass is 9.99. The smallest absolute Gasteiger partial charge is 0.418 e. The van der Waals surface area contributed by atoms with Crippen molar-refractivity contribution in [2.45, 2.75) is 39.5 Å². The number of ether oxygens (including phenoxy) is 4. The first-order valence-electron chi connectivity index (χ1n) is 13.0. The molecule has 2 fully saturated rings. The van der Waals surface area contributed by atoms with E-state index in [1.54, 1.807) is 0 Å². The summed E-state index contributed by atoms with van der Waals surface area (Å²) in [7, 11) is -12.0. The van der Waals surface area contributed by atoms with Gasteiger partial charge in [-0.05, 0) is 49.2 Å². The normalized spacial score (nSPS) is 16.0. The Kier molecular flexibility index (Phi) is 11.9. The van der Waals surface area contributed by atoms with Crippen molar-refractivity contribution in [3.05, 3.63) is 94.6 Å². The number of hydrogen-bond acceptors (Lipinski definition) is 4. The average Bonchev–Trinajstić information content (AvgIpc) is 3.61. The van der Waals surface area contributed by atoms with Crippen LogP contribution in [0.1, 0.15) is 46.2 Å². The highest BCUT2D eigenvalue weighted by atomic mass is 19.5. The van der Waals surface area contributed by atoms with Gasteiger partial charge in [0.05, 0.1) is 26.4 Å². The van der Waals surface area contributed by atoms with Gasteiger partial charge in [0.15, 0.2) is 25.5 Å². The molecule has 3 aromatic rings. The SMILES string of the molecule is Cc1cc(C[n+]2ccccc2C2OCCO2)c(C)cc1C[n+]1ccccc1C1OCCO1.F[B-](F)(F)F.F[B-](F)(F)F. The quantitative estimate of drug-likeness (QED) is 0.206. The van der Waals surface area contributed by atoms with Crippen molar-refractivity contribution in [1.29, 1.82) is 0 Å². The van der Waals surface area contributed by atoms with Crippen LogP contribution in [-0.2, 0) is 32.0 Å². The Morgan fingerprint density at radius 3 is 1.21 bits per heavy atom. The zero-order valence-electron chi connectivity index (χ0n) is 22.9. The molecule has 4 heterocycles. The highest BCUT2D eigenvalue weighted by Gasteiger charge is 2.29. The minimum Gasteiger partial charge on any atom is -0.418 e. The number of rotatable bonds is 6. The van der Waals surface area contributed by atoms with E-state index in [0.29, 0.717) is 26.4 Å². The number of halogens is 8. The number of pyridine rings is 2. The van der Waals surface area contributed by atoms with Crippen LogP contribution in [0.3, 0.4) is 0 Å². The lowest BCUT2D eigenvalue weighted by Gasteiger charge is -2.13. The minimum atomic E-state index is -6.00. The average molecular weight is 608 g/mol. The maximum absolute atomic E-state index is 9.75. The van der Waals surface area contributed by atoms with Gasteiger partial charge in [-0.1, -0.05) is 0 Å². The second kappa shape index (κ2) is 14.9. The largest absolute Gasteiger partial charge is 0.673 e. The summed E-state index contributed by atoms with van der Waals surface area (Å²) < 4.78 is 105. The van der Waals surface area contributed by atoms with Gasteiger partial charge in [0.25, 0.3) is 0 Å². The van der Waals surface area contributed by atoms with Crippen LogP contribution in [0.4, 0.5) is 34.5 Å². The zero-order valence-corrected chi connectivity index (χ0v) is 22.9. The van der Waals surface area contributed by atoms with Gasteiger partial charge >= 0.3 is 14.5 Å². The molecule has 42 heavy (non-hydrogen) atoms. The molecule has 2 aliphatic heterocycles. The summed E-state index contributed by atoms with van der Waals surface area (Å²) in [5, 5.41) is 0. The van der Waals surface area contributed by atoms with Crippen molar-refractivity contribution < 1.29 is 62.6 Å². The Hall–Kier alpha value is -3.07. The molecule has 6 nitrogen and oxygen atoms in total. The molecule has 1 aromatic carbocycles. The van der Waals surface area contributed by atoms with E-state index in [-0.39, 0.29) is 12.6 Å². The molecule has 230 valence electrons. The van der Waals surface area contributed by atoms with Crippen LogP contribution in [0.2, 0.25) is 0 Å². The summed E-state index contributed by atoms with van der Waals surface area (Å²) in [6.07, 6.45) is 3.61. The van der Waals surface area contributed by atoms with E-state index >= 15 is 0 Å². The van der Waals surface area contributed by atoms with E-state index < -0.39 is 14.5 Å². The molecule has 0 aliphatic carbocycles. The third-order valence-electron chi connectivity index (χ3n) is 6.15. The minimum absolute atomic E-state index is 0.287. The number of benzene rings is 1. The third kappa shape index (κ3) is 11.3. The molecule has 0 amide bonds. The molecular weight excluding hydrogens is 578 g/mol. The summed E-state index contributed by atoms with van der Waals surface area (Å²) in [6, 6.07) is 16.9. The van der Waals surface area contributed by atoms with Crippen LogP contribution in [0.5, 0.6) is 0 Å². The number of aryl methyl sites for hydroxylation is 2. The summed E-state index contributed by atoms with van der Waals surface area (Å²) in [4.78, 5) is 0. The van der Waals surface area contributed by atoms with Crippen molar-refractivity contribution >= 4 is 14.5 Å². The van der Waals surface area contributed by atoms with E-state index in [2.05, 4.69) is 71.8 Å². The molecule has 0 radical (unpaired) electrons. The lowest BCUT2D eigenvalue weighted by Crippen LogP contribution is -2.41. The van der Waals surface area contributed by atoms with E-state index in [1.165, 1.54) is 22.3 Å². The van der Waals surface area contributed by atoms with Gasteiger partial charge in [-0.3, -0.25) is 0 Å². The Bertz CT molecular complexity index is 1190. The molecule has 0 unspecified atom stereocenters. The maximum atomic E-state index is 9.75. The predicted octanol–water partition coefficient (Wildman–Crippen LogP) is 5.67. The number of nitrogens with zero attached hydrogens (tertiary/aromatic N) is 2. The van der Waals surface area contributed by atoms with Gasteiger partial charge in [-0.2, -0.15) is 9.13 Å². The van der Waals surface area contributed by atoms with Crippen molar-refractivity contribution in [3.8, 4) is 0 Å². The van der Waals surface area contributed by atoms with Crippen molar-refractivity contribution in [1.82, 2.24) is 0 Å².